The van der Waals surface area contributed by atoms with E-state index in [-0.39, 0.29) is 12.3 Å². The number of oxazole rings is 1. The summed E-state index contributed by atoms with van der Waals surface area (Å²) in [7, 11) is -1.46. The number of sulfonamides is 1. The highest BCUT2D eigenvalue weighted by Crippen LogP contribution is 2.08. The fourth-order valence-electron chi connectivity index (χ4n) is 1.30. The summed E-state index contributed by atoms with van der Waals surface area (Å²) in [4.78, 5) is 4.10. The number of hydrogen-bond acceptors (Lipinski definition) is 5. The Morgan fingerprint density at radius 3 is 2.59 bits per heavy atom. The first-order valence-electron chi connectivity index (χ1n) is 5.49. The third-order valence-corrected chi connectivity index (χ3v) is 3.77. The van der Waals surface area contributed by atoms with Gasteiger partial charge in [0.1, 0.15) is 5.76 Å². The van der Waals surface area contributed by atoms with Crippen LogP contribution >= 0.6 is 0 Å². The lowest BCUT2D eigenvalue weighted by molar-refractivity contribution is 0.462. The molecule has 0 saturated heterocycles. The maximum Gasteiger partial charge on any atom is 0.212 e. The summed E-state index contributed by atoms with van der Waals surface area (Å²) in [6.07, 6.45) is 0.579. The maximum atomic E-state index is 11.6. The van der Waals surface area contributed by atoms with E-state index in [1.54, 1.807) is 14.0 Å². The molecule has 0 aromatic carbocycles. The van der Waals surface area contributed by atoms with Crippen molar-refractivity contribution in [3.63, 3.8) is 0 Å². The smallest absolute Gasteiger partial charge is 0.212 e. The van der Waals surface area contributed by atoms with E-state index in [0.29, 0.717) is 18.9 Å². The molecular formula is C10H19N3O3S. The van der Waals surface area contributed by atoms with Crippen molar-refractivity contribution < 1.29 is 12.8 Å². The minimum atomic E-state index is -3.25. The predicted molar refractivity (Wildman–Crippen MR) is 65.1 cm³/mol. The molecule has 98 valence electrons. The van der Waals surface area contributed by atoms with Crippen molar-refractivity contribution in [3.05, 3.63) is 17.3 Å². The minimum absolute atomic E-state index is 0.104. The van der Waals surface area contributed by atoms with Crippen LogP contribution in [0, 0.1) is 13.8 Å². The third-order valence-electron chi connectivity index (χ3n) is 2.36. The Bertz CT molecular complexity index is 434. The number of rotatable bonds is 7. The molecule has 0 spiro atoms. The number of aromatic nitrogens is 1. The minimum Gasteiger partial charge on any atom is -0.444 e. The molecule has 0 radical (unpaired) electrons. The van der Waals surface area contributed by atoms with E-state index in [1.807, 2.05) is 6.92 Å². The second kappa shape index (κ2) is 6.13. The second-order valence-corrected chi connectivity index (χ2v) is 5.77. The van der Waals surface area contributed by atoms with Gasteiger partial charge in [-0.15, -0.1) is 0 Å². The van der Waals surface area contributed by atoms with Crippen molar-refractivity contribution in [1.82, 2.24) is 15.0 Å². The van der Waals surface area contributed by atoms with Crippen molar-refractivity contribution in [1.29, 1.82) is 0 Å². The van der Waals surface area contributed by atoms with Gasteiger partial charge in [-0.25, -0.2) is 18.1 Å². The zero-order valence-electron chi connectivity index (χ0n) is 10.4. The van der Waals surface area contributed by atoms with Crippen LogP contribution in [0.2, 0.25) is 0 Å². The van der Waals surface area contributed by atoms with Gasteiger partial charge in [0.25, 0.3) is 0 Å². The van der Waals surface area contributed by atoms with Gasteiger partial charge in [0.2, 0.25) is 15.9 Å². The zero-order chi connectivity index (χ0) is 12.9. The second-order valence-electron chi connectivity index (χ2n) is 3.85. The summed E-state index contributed by atoms with van der Waals surface area (Å²) in [6.45, 7) is 4.41. The maximum absolute atomic E-state index is 11.6. The first kappa shape index (κ1) is 14.1. The Kier molecular flexibility index (Phi) is 5.10. The van der Waals surface area contributed by atoms with E-state index in [4.69, 9.17) is 4.42 Å². The van der Waals surface area contributed by atoms with E-state index in [9.17, 15) is 8.42 Å². The van der Waals surface area contributed by atoms with Gasteiger partial charge >= 0.3 is 0 Å². The molecule has 0 fully saturated rings. The molecule has 17 heavy (non-hydrogen) atoms. The van der Waals surface area contributed by atoms with Crippen LogP contribution in [0.1, 0.15) is 23.8 Å². The SMILES string of the molecule is CNCCCS(=O)(=O)NCc1nc(C)c(C)o1. The van der Waals surface area contributed by atoms with Crippen LogP contribution in [0.15, 0.2) is 4.42 Å². The summed E-state index contributed by atoms with van der Waals surface area (Å²) < 4.78 is 30.9. The largest absolute Gasteiger partial charge is 0.444 e. The summed E-state index contributed by atoms with van der Waals surface area (Å²) in [5.74, 6) is 1.22. The van der Waals surface area contributed by atoms with Crippen LogP contribution in [0.25, 0.3) is 0 Å². The van der Waals surface area contributed by atoms with Crippen LogP contribution in [-0.4, -0.2) is 32.7 Å². The molecule has 0 saturated carbocycles. The fourth-order valence-corrected chi connectivity index (χ4v) is 2.31. The molecule has 0 bridgehead atoms. The zero-order valence-corrected chi connectivity index (χ0v) is 11.2. The highest BCUT2D eigenvalue weighted by molar-refractivity contribution is 7.89. The van der Waals surface area contributed by atoms with E-state index < -0.39 is 10.0 Å². The highest BCUT2D eigenvalue weighted by Gasteiger charge is 2.12. The van der Waals surface area contributed by atoms with Gasteiger partial charge in [0.15, 0.2) is 0 Å². The lowest BCUT2D eigenvalue weighted by atomic mass is 10.4. The third kappa shape index (κ3) is 4.84. The van der Waals surface area contributed by atoms with Crippen molar-refractivity contribution in [3.8, 4) is 0 Å². The Morgan fingerprint density at radius 1 is 1.35 bits per heavy atom. The Hall–Kier alpha value is -0.920. The quantitative estimate of drug-likeness (QED) is 0.691. The van der Waals surface area contributed by atoms with E-state index >= 15 is 0 Å². The van der Waals surface area contributed by atoms with Crippen molar-refractivity contribution >= 4 is 10.0 Å². The van der Waals surface area contributed by atoms with Gasteiger partial charge in [0, 0.05) is 0 Å². The monoisotopic (exact) mass is 261 g/mol. The topological polar surface area (TPSA) is 84.2 Å². The van der Waals surface area contributed by atoms with Gasteiger partial charge < -0.3 is 9.73 Å². The van der Waals surface area contributed by atoms with Crippen LogP contribution in [0.5, 0.6) is 0 Å². The van der Waals surface area contributed by atoms with Crippen LogP contribution < -0.4 is 10.0 Å². The average Bonchev–Trinajstić information content (AvgIpc) is 2.56. The summed E-state index contributed by atoms with van der Waals surface area (Å²) in [5, 5.41) is 2.90. The standard InChI is InChI=1S/C10H19N3O3S/c1-8-9(2)16-10(13-8)7-12-17(14,15)6-4-5-11-3/h11-12H,4-7H2,1-3H3. The lowest BCUT2D eigenvalue weighted by Crippen LogP contribution is -2.27. The van der Waals surface area contributed by atoms with E-state index in [0.717, 1.165) is 11.5 Å². The molecule has 1 heterocycles. The van der Waals surface area contributed by atoms with E-state index in [2.05, 4.69) is 15.0 Å². The molecule has 0 unspecified atom stereocenters. The number of hydrogen-bond donors (Lipinski definition) is 2. The average molecular weight is 261 g/mol. The van der Waals surface area contributed by atoms with Gasteiger partial charge in [-0.2, -0.15) is 0 Å². The van der Waals surface area contributed by atoms with Gasteiger partial charge in [-0.05, 0) is 33.9 Å². The first-order valence-corrected chi connectivity index (χ1v) is 7.14. The first-order chi connectivity index (χ1) is 7.94. The number of nitrogens with one attached hydrogen (secondary N) is 2. The Morgan fingerprint density at radius 2 is 2.06 bits per heavy atom. The summed E-state index contributed by atoms with van der Waals surface area (Å²) in [5.41, 5.74) is 0.786. The Labute approximate surface area is 102 Å². The predicted octanol–water partition coefficient (Wildman–Crippen LogP) is 0.320. The van der Waals surface area contributed by atoms with Crippen LogP contribution in [0.3, 0.4) is 0 Å². The normalized spacial score (nSPS) is 11.9. The molecule has 0 aliphatic carbocycles. The summed E-state index contributed by atoms with van der Waals surface area (Å²) >= 11 is 0. The molecule has 6 nitrogen and oxygen atoms in total. The molecule has 1 aromatic rings. The Balaban J connectivity index is 2.44. The molecule has 1 rings (SSSR count). The highest BCUT2D eigenvalue weighted by atomic mass is 32.2. The molecule has 2 N–H and O–H groups in total. The molecule has 1 aromatic heterocycles. The molecule has 0 aliphatic rings. The molecule has 0 atom stereocenters. The van der Waals surface area contributed by atoms with Crippen molar-refractivity contribution in [2.24, 2.45) is 0 Å². The van der Waals surface area contributed by atoms with Crippen LogP contribution in [-0.2, 0) is 16.6 Å². The summed E-state index contributed by atoms with van der Waals surface area (Å²) in [6, 6.07) is 0. The van der Waals surface area contributed by atoms with Gasteiger partial charge in [-0.1, -0.05) is 0 Å². The van der Waals surface area contributed by atoms with Gasteiger partial charge in [0.05, 0.1) is 18.0 Å². The lowest BCUT2D eigenvalue weighted by Gasteiger charge is -2.04. The van der Waals surface area contributed by atoms with Gasteiger partial charge in [-0.3, -0.25) is 0 Å². The molecule has 0 amide bonds. The molecular weight excluding hydrogens is 242 g/mol. The fraction of sp³-hybridized carbons (Fsp3) is 0.700. The molecule has 0 aliphatic heterocycles. The van der Waals surface area contributed by atoms with Crippen molar-refractivity contribution in [2.75, 3.05) is 19.3 Å². The van der Waals surface area contributed by atoms with Crippen LogP contribution in [0.4, 0.5) is 0 Å². The number of aryl methyl sites for hydroxylation is 2. The molecule has 7 heteroatoms. The van der Waals surface area contributed by atoms with E-state index in [1.165, 1.54) is 0 Å². The number of nitrogens with zero attached hydrogens (tertiary/aromatic N) is 1. The van der Waals surface area contributed by atoms with Crippen molar-refractivity contribution in [2.45, 2.75) is 26.8 Å².